The van der Waals surface area contributed by atoms with Gasteiger partial charge in [-0.05, 0) is 37.1 Å². The van der Waals surface area contributed by atoms with Crippen LogP contribution in [0.25, 0.3) is 0 Å². The van der Waals surface area contributed by atoms with Crippen molar-refractivity contribution in [1.29, 1.82) is 0 Å². The van der Waals surface area contributed by atoms with Crippen molar-refractivity contribution in [2.24, 2.45) is 5.92 Å². The number of benzene rings is 1. The Morgan fingerprint density at radius 1 is 1.38 bits per heavy atom. The van der Waals surface area contributed by atoms with Crippen molar-refractivity contribution in [3.63, 3.8) is 0 Å². The van der Waals surface area contributed by atoms with Gasteiger partial charge < -0.3 is 9.84 Å². The average molecular weight is 238 g/mol. The number of rotatable bonds is 4. The van der Waals surface area contributed by atoms with E-state index < -0.39 is 5.97 Å². The van der Waals surface area contributed by atoms with E-state index in [-0.39, 0.29) is 11.2 Å². The molecule has 16 heavy (non-hydrogen) atoms. The molecule has 1 aromatic rings. The first kappa shape index (κ1) is 11.3. The summed E-state index contributed by atoms with van der Waals surface area (Å²) in [5, 5.41) is 9.16. The lowest BCUT2D eigenvalue weighted by molar-refractivity contribution is -0.144. The zero-order chi connectivity index (χ0) is 11.5. The highest BCUT2D eigenvalue weighted by Gasteiger charge is 2.37. The predicted molar refractivity (Wildman–Crippen MR) is 63.0 cm³/mol. The maximum Gasteiger partial charge on any atom is 0.307 e. The molecule has 1 saturated carbocycles. The number of hydrogen-bond acceptors (Lipinski definition) is 3. The predicted octanol–water partition coefficient (Wildman–Crippen LogP) is 2.65. The number of carbonyl (C=O) groups is 1. The molecule has 2 atom stereocenters. The first-order valence-corrected chi connectivity index (χ1v) is 6.12. The maximum atomic E-state index is 10.8. The Balaban J connectivity index is 1.96. The Morgan fingerprint density at radius 3 is 2.50 bits per heavy atom. The zero-order valence-electron chi connectivity index (χ0n) is 9.05. The van der Waals surface area contributed by atoms with Crippen LogP contribution in [0, 0.1) is 5.92 Å². The summed E-state index contributed by atoms with van der Waals surface area (Å²) in [4.78, 5) is 12.0. The normalized spacial score (nSPS) is 23.6. The van der Waals surface area contributed by atoms with Gasteiger partial charge in [0.25, 0.3) is 0 Å². The quantitative estimate of drug-likeness (QED) is 0.876. The molecule has 86 valence electrons. The topological polar surface area (TPSA) is 46.5 Å². The van der Waals surface area contributed by atoms with Gasteiger partial charge in [0.05, 0.1) is 13.0 Å². The van der Waals surface area contributed by atoms with E-state index in [0.717, 1.165) is 23.5 Å². The fourth-order valence-corrected chi connectivity index (χ4v) is 3.04. The van der Waals surface area contributed by atoms with E-state index in [1.165, 1.54) is 0 Å². The van der Waals surface area contributed by atoms with Crippen molar-refractivity contribution in [1.82, 2.24) is 0 Å². The molecule has 0 spiro atoms. The number of ether oxygens (including phenoxy) is 1. The Hall–Kier alpha value is -1.16. The molecule has 1 aromatic carbocycles. The molecule has 1 fully saturated rings. The maximum absolute atomic E-state index is 10.8. The van der Waals surface area contributed by atoms with E-state index in [1.54, 1.807) is 18.9 Å². The highest BCUT2D eigenvalue weighted by atomic mass is 32.2. The van der Waals surface area contributed by atoms with Crippen molar-refractivity contribution >= 4 is 17.7 Å². The Kier molecular flexibility index (Phi) is 3.39. The number of carboxylic acids is 1. The minimum Gasteiger partial charge on any atom is -0.497 e. The van der Waals surface area contributed by atoms with E-state index in [4.69, 9.17) is 9.84 Å². The molecule has 4 heteroatoms. The summed E-state index contributed by atoms with van der Waals surface area (Å²) < 4.78 is 5.07. The molecule has 0 saturated heterocycles. The van der Waals surface area contributed by atoms with Gasteiger partial charge in [0.15, 0.2) is 0 Å². The Bertz CT molecular complexity index is 374. The van der Waals surface area contributed by atoms with Crippen molar-refractivity contribution in [3.05, 3.63) is 24.3 Å². The van der Waals surface area contributed by atoms with Gasteiger partial charge in [-0.2, -0.15) is 0 Å². The monoisotopic (exact) mass is 238 g/mol. The third-order valence-corrected chi connectivity index (χ3v) is 4.29. The third-order valence-electron chi connectivity index (χ3n) is 2.88. The van der Waals surface area contributed by atoms with Crippen LogP contribution in [0.4, 0.5) is 0 Å². The summed E-state index contributed by atoms with van der Waals surface area (Å²) in [5.41, 5.74) is 0. The molecule has 3 nitrogen and oxygen atoms in total. The third kappa shape index (κ3) is 2.32. The van der Waals surface area contributed by atoms with Crippen LogP contribution in [0.15, 0.2) is 29.2 Å². The van der Waals surface area contributed by atoms with Gasteiger partial charge in [0.1, 0.15) is 5.75 Å². The molecule has 0 radical (unpaired) electrons. The van der Waals surface area contributed by atoms with E-state index >= 15 is 0 Å². The second kappa shape index (κ2) is 4.78. The van der Waals surface area contributed by atoms with Crippen molar-refractivity contribution in [2.45, 2.75) is 23.0 Å². The van der Waals surface area contributed by atoms with Gasteiger partial charge in [-0.3, -0.25) is 4.79 Å². The van der Waals surface area contributed by atoms with E-state index in [1.807, 2.05) is 24.3 Å². The molecule has 2 rings (SSSR count). The Morgan fingerprint density at radius 2 is 2.06 bits per heavy atom. The number of hydrogen-bond donors (Lipinski definition) is 1. The van der Waals surface area contributed by atoms with Gasteiger partial charge in [-0.1, -0.05) is 0 Å². The summed E-state index contributed by atoms with van der Waals surface area (Å²) in [5.74, 6) is -0.0166. The lowest BCUT2D eigenvalue weighted by Crippen LogP contribution is -2.35. The van der Waals surface area contributed by atoms with Gasteiger partial charge in [-0.25, -0.2) is 0 Å². The average Bonchev–Trinajstić information content (AvgIpc) is 2.24. The lowest BCUT2D eigenvalue weighted by Gasteiger charge is -2.32. The SMILES string of the molecule is COc1ccc(SC2CCC2C(=O)O)cc1. The van der Waals surface area contributed by atoms with Crippen LogP contribution in [0.5, 0.6) is 5.75 Å². The smallest absolute Gasteiger partial charge is 0.307 e. The van der Waals surface area contributed by atoms with Gasteiger partial charge in [-0.15, -0.1) is 11.8 Å². The molecule has 1 aliphatic carbocycles. The van der Waals surface area contributed by atoms with Gasteiger partial charge in [0, 0.05) is 10.1 Å². The minimum absolute atomic E-state index is 0.174. The lowest BCUT2D eigenvalue weighted by atomic mass is 9.85. The van der Waals surface area contributed by atoms with Crippen molar-refractivity contribution in [2.75, 3.05) is 7.11 Å². The minimum atomic E-state index is -0.669. The molecule has 1 aliphatic rings. The summed E-state index contributed by atoms with van der Waals surface area (Å²) in [6.45, 7) is 0. The molecular weight excluding hydrogens is 224 g/mol. The highest BCUT2D eigenvalue weighted by molar-refractivity contribution is 8.00. The summed E-state index contributed by atoms with van der Waals surface area (Å²) in [6.07, 6.45) is 1.80. The van der Waals surface area contributed by atoms with Crippen LogP contribution < -0.4 is 4.74 Å². The van der Waals surface area contributed by atoms with Crippen LogP contribution in [0.3, 0.4) is 0 Å². The number of carboxylic acid groups (broad SMARTS) is 1. The second-order valence-corrected chi connectivity index (χ2v) is 5.17. The second-order valence-electron chi connectivity index (χ2n) is 3.85. The fourth-order valence-electron chi connectivity index (χ4n) is 1.72. The summed E-state index contributed by atoms with van der Waals surface area (Å²) in [7, 11) is 1.63. The molecule has 1 N–H and O–H groups in total. The largest absolute Gasteiger partial charge is 0.497 e. The molecule has 2 unspecified atom stereocenters. The Labute approximate surface area is 98.8 Å². The highest BCUT2D eigenvalue weighted by Crippen LogP contribution is 2.41. The summed E-state index contributed by atoms with van der Waals surface area (Å²) >= 11 is 1.65. The van der Waals surface area contributed by atoms with Crippen LogP contribution in [-0.2, 0) is 4.79 Å². The van der Waals surface area contributed by atoms with Gasteiger partial charge >= 0.3 is 5.97 Å². The number of aliphatic carboxylic acids is 1. The molecule has 0 amide bonds. The van der Waals surface area contributed by atoms with E-state index in [0.29, 0.717) is 0 Å². The molecule has 0 aliphatic heterocycles. The van der Waals surface area contributed by atoms with Crippen LogP contribution in [-0.4, -0.2) is 23.4 Å². The standard InChI is InChI=1S/C12H14O3S/c1-15-8-2-4-9(5-3-8)16-11-7-6-10(11)12(13)14/h2-5,10-11H,6-7H2,1H3,(H,13,14). The van der Waals surface area contributed by atoms with Gasteiger partial charge in [0.2, 0.25) is 0 Å². The first-order chi connectivity index (χ1) is 7.70. The van der Waals surface area contributed by atoms with Crippen LogP contribution in [0.2, 0.25) is 0 Å². The molecule has 0 aromatic heterocycles. The van der Waals surface area contributed by atoms with Crippen LogP contribution >= 0.6 is 11.8 Å². The molecular formula is C12H14O3S. The zero-order valence-corrected chi connectivity index (χ0v) is 9.87. The van der Waals surface area contributed by atoms with Crippen molar-refractivity contribution < 1.29 is 14.6 Å². The summed E-state index contributed by atoms with van der Waals surface area (Å²) in [6, 6.07) is 7.75. The van der Waals surface area contributed by atoms with E-state index in [2.05, 4.69) is 0 Å². The number of methoxy groups -OCH3 is 1. The number of thioether (sulfide) groups is 1. The van der Waals surface area contributed by atoms with E-state index in [9.17, 15) is 4.79 Å². The fraction of sp³-hybridized carbons (Fsp3) is 0.417. The molecule has 0 heterocycles. The van der Waals surface area contributed by atoms with Crippen molar-refractivity contribution in [3.8, 4) is 5.75 Å². The van der Waals surface area contributed by atoms with Crippen LogP contribution in [0.1, 0.15) is 12.8 Å². The first-order valence-electron chi connectivity index (χ1n) is 5.24. The molecule has 0 bridgehead atoms.